The van der Waals surface area contributed by atoms with Crippen LogP contribution in [-0.2, 0) is 20.3 Å². The minimum Gasteiger partial charge on any atom is -0.398 e. The molecule has 1 rings (SSSR count). The quantitative estimate of drug-likeness (QED) is 0.574. The number of ether oxygens (including phenoxy) is 1. The highest BCUT2D eigenvalue weighted by Gasteiger charge is 2.13. The molecule has 1 amide bonds. The number of hydrogen-bond donors (Lipinski definition) is 2. The summed E-state index contributed by atoms with van der Waals surface area (Å²) in [5.74, 6) is -0.345. The second-order valence-corrected chi connectivity index (χ2v) is 6.20. The van der Waals surface area contributed by atoms with Crippen molar-refractivity contribution < 1.29 is 13.7 Å². The molecule has 7 heteroatoms. The summed E-state index contributed by atoms with van der Waals surface area (Å²) < 4.78 is 17.7. The average molecular weight is 349 g/mol. The highest BCUT2D eigenvalue weighted by Crippen LogP contribution is 2.21. The van der Waals surface area contributed by atoms with Gasteiger partial charge in [-0.2, -0.15) is 0 Å². The van der Waals surface area contributed by atoms with Crippen molar-refractivity contribution in [3.05, 3.63) is 22.7 Å². The zero-order chi connectivity index (χ0) is 14.3. The molecule has 0 bridgehead atoms. The Bertz CT molecular complexity index is 468. The number of amides is 1. The number of methoxy groups -OCH3 is 1. The normalized spacial score (nSPS) is 12.1. The minimum absolute atomic E-state index is 0.0896. The number of hydrogen-bond acceptors (Lipinski definition) is 4. The molecule has 0 aliphatic rings. The summed E-state index contributed by atoms with van der Waals surface area (Å²) in [6.45, 7) is 1.10. The van der Waals surface area contributed by atoms with Crippen LogP contribution in [0.3, 0.4) is 0 Å². The summed E-state index contributed by atoms with van der Waals surface area (Å²) in [6.07, 6.45) is 0.730. The van der Waals surface area contributed by atoms with Crippen LogP contribution < -0.4 is 11.1 Å². The van der Waals surface area contributed by atoms with Crippen molar-refractivity contribution in [1.29, 1.82) is 0 Å². The maximum Gasteiger partial charge on any atom is 0.233 e. The van der Waals surface area contributed by atoms with Gasteiger partial charge in [0, 0.05) is 30.4 Å². The van der Waals surface area contributed by atoms with Gasteiger partial charge in [-0.15, -0.1) is 0 Å². The van der Waals surface area contributed by atoms with Crippen molar-refractivity contribution in [2.45, 2.75) is 11.3 Å². The van der Waals surface area contributed by atoms with Crippen LogP contribution in [-0.4, -0.2) is 36.1 Å². The Morgan fingerprint density at radius 2 is 2.26 bits per heavy atom. The number of carbonyl (C=O) groups is 1. The zero-order valence-electron chi connectivity index (χ0n) is 10.6. The first-order valence-corrected chi connectivity index (χ1v) is 7.85. The van der Waals surface area contributed by atoms with Crippen molar-refractivity contribution >= 4 is 38.3 Å². The Morgan fingerprint density at radius 1 is 1.53 bits per heavy atom. The number of anilines is 1. The van der Waals surface area contributed by atoms with Gasteiger partial charge in [-0.05, 0) is 24.6 Å². The van der Waals surface area contributed by atoms with Crippen molar-refractivity contribution in [3.8, 4) is 0 Å². The fourth-order valence-corrected chi connectivity index (χ4v) is 3.00. The maximum atomic E-state index is 12.0. The Labute approximate surface area is 123 Å². The Kier molecular flexibility index (Phi) is 7.04. The number of nitrogens with one attached hydrogen (secondary N) is 1. The van der Waals surface area contributed by atoms with Crippen LogP contribution in [0.5, 0.6) is 0 Å². The summed E-state index contributed by atoms with van der Waals surface area (Å²) in [5, 5.41) is 2.69. The predicted molar refractivity (Wildman–Crippen MR) is 79.3 cm³/mol. The van der Waals surface area contributed by atoms with E-state index in [4.69, 9.17) is 10.5 Å². The third-order valence-corrected chi connectivity index (χ3v) is 4.19. The smallest absolute Gasteiger partial charge is 0.233 e. The predicted octanol–water partition coefficient (Wildman–Crippen LogP) is 1.29. The number of nitrogen functional groups attached to an aromatic ring is 1. The molecule has 0 aromatic heterocycles. The largest absolute Gasteiger partial charge is 0.398 e. The number of rotatable bonds is 7. The van der Waals surface area contributed by atoms with E-state index in [-0.39, 0.29) is 11.7 Å². The standard InChI is InChI=1S/C12H17BrN2O3S/c1-18-6-2-5-15-12(16)8-19(17)11-7-9(13)3-4-10(11)14/h3-4,7H,2,5-6,8,14H2,1H3,(H,15,16). The number of nitrogens with two attached hydrogens (primary N) is 1. The van der Waals surface area contributed by atoms with E-state index < -0.39 is 10.8 Å². The molecular weight excluding hydrogens is 332 g/mol. The molecule has 0 heterocycles. The molecule has 0 saturated carbocycles. The van der Waals surface area contributed by atoms with Crippen LogP contribution in [0.1, 0.15) is 6.42 Å². The summed E-state index contributed by atoms with van der Waals surface area (Å²) in [4.78, 5) is 12.1. The van der Waals surface area contributed by atoms with E-state index in [1.807, 2.05) is 0 Å². The lowest BCUT2D eigenvalue weighted by Gasteiger charge is -2.07. The second kappa shape index (κ2) is 8.29. The Morgan fingerprint density at radius 3 is 2.95 bits per heavy atom. The topological polar surface area (TPSA) is 81.4 Å². The molecule has 1 atom stereocenters. The molecular formula is C12H17BrN2O3S. The van der Waals surface area contributed by atoms with Crippen LogP contribution in [0.15, 0.2) is 27.6 Å². The van der Waals surface area contributed by atoms with Gasteiger partial charge < -0.3 is 15.8 Å². The molecule has 1 aromatic rings. The van der Waals surface area contributed by atoms with Gasteiger partial charge >= 0.3 is 0 Å². The lowest BCUT2D eigenvalue weighted by molar-refractivity contribution is -0.118. The molecule has 1 unspecified atom stereocenters. The first kappa shape index (κ1) is 16.1. The molecule has 0 spiro atoms. The molecule has 0 radical (unpaired) electrons. The molecule has 106 valence electrons. The fourth-order valence-electron chi connectivity index (χ4n) is 1.40. The van der Waals surface area contributed by atoms with Gasteiger partial charge in [0.15, 0.2) is 0 Å². The second-order valence-electron chi connectivity index (χ2n) is 3.87. The summed E-state index contributed by atoms with van der Waals surface area (Å²) in [7, 11) is 0.163. The first-order chi connectivity index (χ1) is 9.04. The van der Waals surface area contributed by atoms with Crippen molar-refractivity contribution in [2.75, 3.05) is 31.7 Å². The monoisotopic (exact) mass is 348 g/mol. The van der Waals surface area contributed by atoms with Gasteiger partial charge in [0.2, 0.25) is 5.91 Å². The summed E-state index contributed by atoms with van der Waals surface area (Å²) in [5.41, 5.74) is 6.17. The third-order valence-electron chi connectivity index (χ3n) is 2.33. The van der Waals surface area contributed by atoms with Crippen LogP contribution in [0.25, 0.3) is 0 Å². The lowest BCUT2D eigenvalue weighted by Crippen LogP contribution is -2.29. The summed E-state index contributed by atoms with van der Waals surface area (Å²) >= 11 is 3.29. The van der Waals surface area contributed by atoms with Gasteiger partial charge in [-0.1, -0.05) is 15.9 Å². The fraction of sp³-hybridized carbons (Fsp3) is 0.417. The van der Waals surface area contributed by atoms with E-state index in [9.17, 15) is 9.00 Å². The number of halogens is 1. The van der Waals surface area contributed by atoms with E-state index in [0.29, 0.717) is 23.7 Å². The van der Waals surface area contributed by atoms with Crippen LogP contribution in [0, 0.1) is 0 Å². The molecule has 5 nitrogen and oxygen atoms in total. The SMILES string of the molecule is COCCCNC(=O)CS(=O)c1cc(Br)ccc1N. The van der Waals surface area contributed by atoms with E-state index in [1.54, 1.807) is 25.3 Å². The van der Waals surface area contributed by atoms with Gasteiger partial charge in [-0.25, -0.2) is 0 Å². The van der Waals surface area contributed by atoms with E-state index in [0.717, 1.165) is 10.9 Å². The number of benzene rings is 1. The van der Waals surface area contributed by atoms with E-state index in [2.05, 4.69) is 21.2 Å². The number of carbonyl (C=O) groups excluding carboxylic acids is 1. The third kappa shape index (κ3) is 5.71. The molecule has 0 aliphatic heterocycles. The first-order valence-electron chi connectivity index (χ1n) is 5.73. The van der Waals surface area contributed by atoms with Gasteiger partial charge in [0.1, 0.15) is 5.75 Å². The van der Waals surface area contributed by atoms with Gasteiger partial charge in [0.05, 0.1) is 15.7 Å². The lowest BCUT2D eigenvalue weighted by atomic mass is 10.3. The Balaban J connectivity index is 2.50. The average Bonchev–Trinajstić information content (AvgIpc) is 2.37. The highest BCUT2D eigenvalue weighted by atomic mass is 79.9. The zero-order valence-corrected chi connectivity index (χ0v) is 13.1. The summed E-state index contributed by atoms with van der Waals surface area (Å²) in [6, 6.07) is 5.10. The Hall–Kier alpha value is -0.920. The molecule has 3 N–H and O–H groups in total. The van der Waals surface area contributed by atoms with Crippen molar-refractivity contribution in [2.24, 2.45) is 0 Å². The van der Waals surface area contributed by atoms with Crippen LogP contribution >= 0.6 is 15.9 Å². The molecule has 0 aliphatic carbocycles. The van der Waals surface area contributed by atoms with Crippen molar-refractivity contribution in [1.82, 2.24) is 5.32 Å². The highest BCUT2D eigenvalue weighted by molar-refractivity contribution is 9.10. The molecule has 19 heavy (non-hydrogen) atoms. The van der Waals surface area contributed by atoms with Crippen LogP contribution in [0.4, 0.5) is 5.69 Å². The molecule has 1 aromatic carbocycles. The maximum absolute atomic E-state index is 12.0. The molecule has 0 fully saturated rings. The van der Waals surface area contributed by atoms with Gasteiger partial charge in [0.25, 0.3) is 0 Å². The minimum atomic E-state index is -1.44. The molecule has 0 saturated heterocycles. The van der Waals surface area contributed by atoms with Gasteiger partial charge in [-0.3, -0.25) is 9.00 Å². The van der Waals surface area contributed by atoms with Crippen molar-refractivity contribution in [3.63, 3.8) is 0 Å². The van der Waals surface area contributed by atoms with Crippen LogP contribution in [0.2, 0.25) is 0 Å². The van der Waals surface area contributed by atoms with E-state index in [1.165, 1.54) is 0 Å². The van der Waals surface area contributed by atoms with E-state index >= 15 is 0 Å².